The molecule has 1 fully saturated rings. The van der Waals surface area contributed by atoms with E-state index in [2.05, 4.69) is 0 Å². The second kappa shape index (κ2) is 12.0. The highest BCUT2D eigenvalue weighted by atomic mass is 35.5. The molecular formula is C26H30ClNO7. The van der Waals surface area contributed by atoms with Gasteiger partial charge < -0.3 is 29.0 Å². The molecule has 1 atom stereocenters. The fourth-order valence-corrected chi connectivity index (χ4v) is 4.22. The van der Waals surface area contributed by atoms with Gasteiger partial charge in [-0.05, 0) is 36.6 Å². The molecule has 0 bridgehead atoms. The molecule has 1 amide bonds. The van der Waals surface area contributed by atoms with Crippen molar-refractivity contribution in [1.29, 1.82) is 0 Å². The normalized spacial score (nSPS) is 17.1. The van der Waals surface area contributed by atoms with E-state index >= 15 is 0 Å². The largest absolute Gasteiger partial charge is 0.507 e. The van der Waals surface area contributed by atoms with Gasteiger partial charge in [-0.2, -0.15) is 0 Å². The Kier molecular flexibility index (Phi) is 9.01. The summed E-state index contributed by atoms with van der Waals surface area (Å²) >= 11 is 6.21. The Hall–Kier alpha value is -3.23. The number of halogens is 1. The molecule has 1 heterocycles. The number of carbonyl (C=O) groups excluding carboxylic acids is 2. The van der Waals surface area contributed by atoms with Crippen LogP contribution < -0.4 is 14.2 Å². The third-order valence-corrected chi connectivity index (χ3v) is 5.98. The molecule has 1 unspecified atom stereocenters. The van der Waals surface area contributed by atoms with Crippen LogP contribution in [0, 0.1) is 0 Å². The van der Waals surface area contributed by atoms with E-state index in [1.807, 2.05) is 6.92 Å². The van der Waals surface area contributed by atoms with Crippen LogP contribution in [-0.2, 0) is 14.3 Å². The summed E-state index contributed by atoms with van der Waals surface area (Å²) in [5, 5.41) is 11.7. The van der Waals surface area contributed by atoms with Crippen molar-refractivity contribution in [3.63, 3.8) is 0 Å². The highest BCUT2D eigenvalue weighted by molar-refractivity contribution is 6.46. The lowest BCUT2D eigenvalue weighted by Gasteiger charge is -2.25. The molecule has 1 saturated heterocycles. The van der Waals surface area contributed by atoms with Crippen LogP contribution >= 0.6 is 11.6 Å². The Labute approximate surface area is 210 Å². The fraction of sp³-hybridized carbons (Fsp3) is 0.385. The van der Waals surface area contributed by atoms with E-state index in [0.29, 0.717) is 30.9 Å². The Balaban J connectivity index is 2.15. The van der Waals surface area contributed by atoms with Crippen molar-refractivity contribution >= 4 is 29.1 Å². The highest BCUT2D eigenvalue weighted by Gasteiger charge is 2.46. The number of likely N-dealkylation sites (tertiary alicyclic amines) is 1. The van der Waals surface area contributed by atoms with Crippen LogP contribution in [0.25, 0.3) is 5.76 Å². The van der Waals surface area contributed by atoms with E-state index in [-0.39, 0.29) is 40.0 Å². The highest BCUT2D eigenvalue weighted by Crippen LogP contribution is 2.43. The topological polar surface area (TPSA) is 94.5 Å². The minimum atomic E-state index is -0.807. The summed E-state index contributed by atoms with van der Waals surface area (Å²) in [4.78, 5) is 27.7. The first-order valence-electron chi connectivity index (χ1n) is 11.3. The van der Waals surface area contributed by atoms with Gasteiger partial charge in [0.1, 0.15) is 23.0 Å². The van der Waals surface area contributed by atoms with E-state index in [4.69, 9.17) is 30.5 Å². The Morgan fingerprint density at radius 1 is 1.03 bits per heavy atom. The molecule has 1 aliphatic rings. The van der Waals surface area contributed by atoms with Crippen LogP contribution in [0.1, 0.15) is 36.9 Å². The Morgan fingerprint density at radius 3 is 2.31 bits per heavy atom. The van der Waals surface area contributed by atoms with Gasteiger partial charge in [0.05, 0.1) is 43.0 Å². The molecular weight excluding hydrogens is 474 g/mol. The lowest BCUT2D eigenvalue weighted by Crippen LogP contribution is -2.31. The van der Waals surface area contributed by atoms with Crippen LogP contribution in [0.4, 0.5) is 0 Å². The number of amides is 1. The molecule has 3 rings (SSSR count). The molecule has 1 aliphatic heterocycles. The molecule has 9 heteroatoms. The van der Waals surface area contributed by atoms with Crippen molar-refractivity contribution in [1.82, 2.24) is 4.90 Å². The average Bonchev–Trinajstić information content (AvgIpc) is 3.12. The number of rotatable bonds is 11. The number of aliphatic hydroxyl groups is 1. The summed E-state index contributed by atoms with van der Waals surface area (Å²) < 4.78 is 21.5. The maximum Gasteiger partial charge on any atom is 0.295 e. The lowest BCUT2D eigenvalue weighted by molar-refractivity contribution is -0.140. The number of benzene rings is 2. The molecule has 2 aromatic rings. The van der Waals surface area contributed by atoms with Crippen molar-refractivity contribution in [2.75, 3.05) is 41.1 Å². The number of ketones is 1. The quantitative estimate of drug-likeness (QED) is 0.207. The lowest BCUT2D eigenvalue weighted by atomic mass is 9.94. The smallest absolute Gasteiger partial charge is 0.295 e. The first-order valence-corrected chi connectivity index (χ1v) is 11.7. The van der Waals surface area contributed by atoms with Gasteiger partial charge in [-0.1, -0.05) is 30.7 Å². The van der Waals surface area contributed by atoms with Crippen LogP contribution in [0.2, 0.25) is 5.02 Å². The van der Waals surface area contributed by atoms with E-state index in [1.54, 1.807) is 31.4 Å². The minimum Gasteiger partial charge on any atom is -0.507 e. The van der Waals surface area contributed by atoms with E-state index in [9.17, 15) is 14.7 Å². The molecule has 35 heavy (non-hydrogen) atoms. The third kappa shape index (κ3) is 5.55. The summed E-state index contributed by atoms with van der Waals surface area (Å²) in [6.45, 7) is 3.28. The fourth-order valence-electron chi connectivity index (χ4n) is 3.99. The zero-order valence-electron chi connectivity index (χ0n) is 20.3. The van der Waals surface area contributed by atoms with Crippen LogP contribution in [-0.4, -0.2) is 62.8 Å². The van der Waals surface area contributed by atoms with Gasteiger partial charge in [0.25, 0.3) is 11.7 Å². The number of aliphatic hydroxyl groups excluding tert-OH is 1. The van der Waals surface area contributed by atoms with Crippen molar-refractivity contribution in [2.24, 2.45) is 0 Å². The molecule has 188 valence electrons. The van der Waals surface area contributed by atoms with Gasteiger partial charge in [-0.3, -0.25) is 9.59 Å². The van der Waals surface area contributed by atoms with Gasteiger partial charge in [0, 0.05) is 26.3 Å². The van der Waals surface area contributed by atoms with E-state index in [0.717, 1.165) is 6.42 Å². The third-order valence-electron chi connectivity index (χ3n) is 5.69. The maximum absolute atomic E-state index is 13.2. The number of carbonyl (C=O) groups is 2. The Bertz CT molecular complexity index is 1100. The summed E-state index contributed by atoms with van der Waals surface area (Å²) in [5.74, 6) is -0.652. The molecule has 0 spiro atoms. The number of methoxy groups -OCH3 is 3. The summed E-state index contributed by atoms with van der Waals surface area (Å²) in [6.07, 6.45) is 1.39. The molecule has 2 aromatic carbocycles. The van der Waals surface area contributed by atoms with Gasteiger partial charge in [-0.25, -0.2) is 0 Å². The van der Waals surface area contributed by atoms with E-state index < -0.39 is 17.7 Å². The number of Topliss-reactive ketones (excluding diaryl/α,β-unsaturated/α-hetero) is 1. The summed E-state index contributed by atoms with van der Waals surface area (Å²) in [6, 6.07) is 9.30. The maximum atomic E-state index is 13.2. The SMILES string of the molecule is CCCOc1ccc(C2/C(=C(\O)c3cc(OC)c(Cl)cc3OC)C(=O)C(=O)N2CCCOC)cc1. The monoisotopic (exact) mass is 503 g/mol. The molecule has 1 N–H and O–H groups in total. The van der Waals surface area contributed by atoms with Gasteiger partial charge in [0.2, 0.25) is 0 Å². The van der Waals surface area contributed by atoms with Crippen molar-refractivity contribution in [3.8, 4) is 17.2 Å². The number of hydrogen-bond acceptors (Lipinski definition) is 7. The molecule has 0 aromatic heterocycles. The standard InChI is InChI=1S/C26H30ClNO7/c1-5-12-35-17-9-7-16(8-10-17)23-22(25(30)26(31)28(23)11-6-13-32-2)24(29)18-14-21(34-4)19(27)15-20(18)33-3/h7-10,14-15,23,29H,5-6,11-13H2,1-4H3/b24-22+. The first kappa shape index (κ1) is 26.4. The molecule has 8 nitrogen and oxygen atoms in total. The summed E-state index contributed by atoms with van der Waals surface area (Å²) in [5.41, 5.74) is 0.806. The zero-order valence-corrected chi connectivity index (χ0v) is 21.1. The van der Waals surface area contributed by atoms with Crippen molar-refractivity contribution < 1.29 is 33.6 Å². The average molecular weight is 504 g/mol. The molecule has 0 saturated carbocycles. The summed E-state index contributed by atoms with van der Waals surface area (Å²) in [7, 11) is 4.43. The van der Waals surface area contributed by atoms with Crippen molar-refractivity contribution in [2.45, 2.75) is 25.8 Å². The second-order valence-electron chi connectivity index (χ2n) is 7.94. The van der Waals surface area contributed by atoms with Gasteiger partial charge in [0.15, 0.2) is 0 Å². The number of nitrogens with zero attached hydrogens (tertiary/aromatic N) is 1. The number of ether oxygens (including phenoxy) is 4. The second-order valence-corrected chi connectivity index (χ2v) is 8.35. The molecule has 0 radical (unpaired) electrons. The van der Waals surface area contributed by atoms with E-state index in [1.165, 1.54) is 31.3 Å². The zero-order chi connectivity index (χ0) is 25.5. The van der Waals surface area contributed by atoms with Crippen molar-refractivity contribution in [3.05, 3.63) is 58.1 Å². The van der Waals surface area contributed by atoms with Crippen LogP contribution in [0.5, 0.6) is 17.2 Å². The Morgan fingerprint density at radius 2 is 1.71 bits per heavy atom. The molecule has 0 aliphatic carbocycles. The predicted molar refractivity (Wildman–Crippen MR) is 132 cm³/mol. The van der Waals surface area contributed by atoms with Crippen LogP contribution in [0.15, 0.2) is 42.0 Å². The van der Waals surface area contributed by atoms with Crippen LogP contribution in [0.3, 0.4) is 0 Å². The van der Waals surface area contributed by atoms with Gasteiger partial charge >= 0.3 is 0 Å². The minimum absolute atomic E-state index is 0.0441. The first-order chi connectivity index (χ1) is 16.9. The van der Waals surface area contributed by atoms with Gasteiger partial charge in [-0.15, -0.1) is 0 Å². The predicted octanol–water partition coefficient (Wildman–Crippen LogP) is 4.60. The number of hydrogen-bond donors (Lipinski definition) is 1.